The highest BCUT2D eigenvalue weighted by Crippen LogP contribution is 2.14. The van der Waals surface area contributed by atoms with Crippen LogP contribution in [0, 0.1) is 0 Å². The van der Waals surface area contributed by atoms with Gasteiger partial charge in [0.1, 0.15) is 11.5 Å². The number of furan rings is 1. The van der Waals surface area contributed by atoms with E-state index >= 15 is 0 Å². The third-order valence-corrected chi connectivity index (χ3v) is 2.14. The molecule has 0 bridgehead atoms. The molecule has 1 rings (SSSR count). The van der Waals surface area contributed by atoms with Gasteiger partial charge in [0.2, 0.25) is 0 Å². The monoisotopic (exact) mass is 236 g/mol. The Bertz CT molecular complexity index is 401. The minimum atomic E-state index is -0.398. The van der Waals surface area contributed by atoms with E-state index < -0.39 is 5.97 Å². The molecule has 0 aromatic carbocycles. The normalized spacial score (nSPS) is 11.3. The second-order valence-electron chi connectivity index (χ2n) is 3.61. The summed E-state index contributed by atoms with van der Waals surface area (Å²) in [4.78, 5) is 22.6. The van der Waals surface area contributed by atoms with Crippen LogP contribution in [0.3, 0.4) is 0 Å². The van der Waals surface area contributed by atoms with Crippen molar-refractivity contribution in [2.45, 2.75) is 26.7 Å². The Kier molecular flexibility index (Phi) is 5.20. The van der Waals surface area contributed by atoms with Gasteiger partial charge in [-0.15, -0.1) is 0 Å². The average molecular weight is 236 g/mol. The molecule has 0 radical (unpaired) electrons. The van der Waals surface area contributed by atoms with E-state index in [1.54, 1.807) is 25.1 Å². The van der Waals surface area contributed by atoms with Gasteiger partial charge in [0, 0.05) is 12.0 Å². The third kappa shape index (κ3) is 4.68. The van der Waals surface area contributed by atoms with Crippen molar-refractivity contribution in [2.24, 2.45) is 0 Å². The van der Waals surface area contributed by atoms with Gasteiger partial charge in [-0.05, 0) is 38.5 Å². The first-order chi connectivity index (χ1) is 8.13. The molecule has 4 heteroatoms. The van der Waals surface area contributed by atoms with Crippen LogP contribution in [-0.2, 0) is 14.3 Å². The van der Waals surface area contributed by atoms with Gasteiger partial charge >= 0.3 is 5.97 Å². The topological polar surface area (TPSA) is 56.5 Å². The van der Waals surface area contributed by atoms with Crippen LogP contribution in [0.15, 0.2) is 28.4 Å². The molecule has 4 nitrogen and oxygen atoms in total. The van der Waals surface area contributed by atoms with E-state index in [0.29, 0.717) is 30.8 Å². The number of hydrogen-bond donors (Lipinski definition) is 0. The van der Waals surface area contributed by atoms with Crippen LogP contribution in [0.4, 0.5) is 0 Å². The van der Waals surface area contributed by atoms with Crippen molar-refractivity contribution in [1.29, 1.82) is 0 Å². The van der Waals surface area contributed by atoms with Gasteiger partial charge in [-0.25, -0.2) is 4.79 Å². The van der Waals surface area contributed by atoms with E-state index in [1.165, 1.54) is 13.2 Å². The van der Waals surface area contributed by atoms with Gasteiger partial charge in [0.05, 0.1) is 12.9 Å². The van der Waals surface area contributed by atoms with Crippen molar-refractivity contribution in [3.05, 3.63) is 29.7 Å². The van der Waals surface area contributed by atoms with Gasteiger partial charge in [-0.2, -0.15) is 0 Å². The van der Waals surface area contributed by atoms with E-state index in [4.69, 9.17) is 9.15 Å². The van der Waals surface area contributed by atoms with Crippen molar-refractivity contribution in [3.8, 4) is 0 Å². The third-order valence-electron chi connectivity index (χ3n) is 2.14. The Morgan fingerprint density at radius 2 is 2.18 bits per heavy atom. The summed E-state index contributed by atoms with van der Waals surface area (Å²) in [6.07, 6.45) is 3.83. The summed E-state index contributed by atoms with van der Waals surface area (Å²) in [6.45, 7) is 3.55. The van der Waals surface area contributed by atoms with Crippen molar-refractivity contribution in [1.82, 2.24) is 0 Å². The number of ether oxygens (including phenoxy) is 1. The Hall–Kier alpha value is -1.84. The van der Waals surface area contributed by atoms with Crippen LogP contribution < -0.4 is 0 Å². The van der Waals surface area contributed by atoms with Crippen molar-refractivity contribution < 1.29 is 18.7 Å². The molecular weight excluding hydrogens is 220 g/mol. The van der Waals surface area contributed by atoms with Gasteiger partial charge in [-0.3, -0.25) is 0 Å². The standard InChI is InChI=1S/C13H16O4/c1-3-16-13(15)11(7-6-10(2)14)9-12-5-4-8-17-12/h4-5,8-9H,3,6-7H2,1-2H3/b11-9+. The molecule has 0 atom stereocenters. The first-order valence-corrected chi connectivity index (χ1v) is 5.54. The lowest BCUT2D eigenvalue weighted by atomic mass is 10.1. The highest BCUT2D eigenvalue weighted by molar-refractivity contribution is 5.94. The van der Waals surface area contributed by atoms with E-state index in [-0.39, 0.29) is 5.78 Å². The van der Waals surface area contributed by atoms with E-state index in [1.807, 2.05) is 0 Å². The fourth-order valence-corrected chi connectivity index (χ4v) is 1.31. The summed E-state index contributed by atoms with van der Waals surface area (Å²) < 4.78 is 10.1. The number of esters is 1. The Morgan fingerprint density at radius 3 is 2.71 bits per heavy atom. The predicted octanol–water partition coefficient (Wildman–Crippen LogP) is 2.60. The lowest BCUT2D eigenvalue weighted by Gasteiger charge is -2.05. The molecule has 0 aliphatic rings. The van der Waals surface area contributed by atoms with Crippen LogP contribution in [0.5, 0.6) is 0 Å². The summed E-state index contributed by atoms with van der Waals surface area (Å²) in [6, 6.07) is 3.48. The molecule has 92 valence electrons. The molecule has 0 saturated heterocycles. The number of carbonyl (C=O) groups is 2. The molecule has 0 aliphatic carbocycles. The fourth-order valence-electron chi connectivity index (χ4n) is 1.31. The first-order valence-electron chi connectivity index (χ1n) is 5.54. The van der Waals surface area contributed by atoms with Crippen LogP contribution >= 0.6 is 0 Å². The second kappa shape index (κ2) is 6.68. The number of ketones is 1. The quantitative estimate of drug-likeness (QED) is 0.562. The molecule has 0 aliphatic heterocycles. The van der Waals surface area contributed by atoms with Gasteiger partial charge in [0.15, 0.2) is 0 Å². The van der Waals surface area contributed by atoms with Gasteiger partial charge in [-0.1, -0.05) is 0 Å². The van der Waals surface area contributed by atoms with Crippen molar-refractivity contribution >= 4 is 17.8 Å². The molecule has 0 saturated carbocycles. The minimum Gasteiger partial charge on any atom is -0.465 e. The van der Waals surface area contributed by atoms with Gasteiger partial charge < -0.3 is 13.9 Å². The van der Waals surface area contributed by atoms with Crippen molar-refractivity contribution in [3.63, 3.8) is 0 Å². The summed E-state index contributed by atoms with van der Waals surface area (Å²) in [5.41, 5.74) is 0.456. The van der Waals surface area contributed by atoms with Crippen LogP contribution in [-0.4, -0.2) is 18.4 Å². The maximum atomic E-state index is 11.6. The molecular formula is C13H16O4. The molecule has 1 aromatic heterocycles. The van der Waals surface area contributed by atoms with E-state index in [2.05, 4.69) is 0 Å². The average Bonchev–Trinajstić information content (AvgIpc) is 2.76. The van der Waals surface area contributed by atoms with Gasteiger partial charge in [0.25, 0.3) is 0 Å². The summed E-state index contributed by atoms with van der Waals surface area (Å²) >= 11 is 0. The molecule has 0 N–H and O–H groups in total. The SMILES string of the molecule is CCOC(=O)/C(=C/c1ccco1)CCC(C)=O. The fraction of sp³-hybridized carbons (Fsp3) is 0.385. The number of rotatable bonds is 6. The second-order valence-corrected chi connectivity index (χ2v) is 3.61. The number of carbonyl (C=O) groups excluding carboxylic acids is 2. The molecule has 0 unspecified atom stereocenters. The summed E-state index contributed by atoms with van der Waals surface area (Å²) in [5, 5.41) is 0. The zero-order valence-electron chi connectivity index (χ0n) is 10.1. The Labute approximate surface area is 100 Å². The molecule has 0 spiro atoms. The molecule has 0 amide bonds. The zero-order valence-corrected chi connectivity index (χ0v) is 10.1. The lowest BCUT2D eigenvalue weighted by Crippen LogP contribution is -2.08. The van der Waals surface area contributed by atoms with Crippen LogP contribution in [0.1, 0.15) is 32.4 Å². The maximum Gasteiger partial charge on any atom is 0.334 e. The van der Waals surface area contributed by atoms with E-state index in [9.17, 15) is 9.59 Å². The maximum absolute atomic E-state index is 11.6. The molecule has 0 fully saturated rings. The summed E-state index contributed by atoms with van der Waals surface area (Å²) in [7, 11) is 0. The Morgan fingerprint density at radius 1 is 1.41 bits per heavy atom. The van der Waals surface area contributed by atoms with Crippen LogP contribution in [0.25, 0.3) is 6.08 Å². The highest BCUT2D eigenvalue weighted by Gasteiger charge is 2.12. The predicted molar refractivity (Wildman–Crippen MR) is 63.2 cm³/mol. The smallest absolute Gasteiger partial charge is 0.334 e. The van der Waals surface area contributed by atoms with Crippen molar-refractivity contribution in [2.75, 3.05) is 6.61 Å². The van der Waals surface area contributed by atoms with E-state index in [0.717, 1.165) is 0 Å². The lowest BCUT2D eigenvalue weighted by molar-refractivity contribution is -0.138. The highest BCUT2D eigenvalue weighted by atomic mass is 16.5. The molecule has 1 heterocycles. The molecule has 1 aromatic rings. The first kappa shape index (κ1) is 13.2. The largest absolute Gasteiger partial charge is 0.465 e. The van der Waals surface area contributed by atoms with Crippen LogP contribution in [0.2, 0.25) is 0 Å². The minimum absolute atomic E-state index is 0.0413. The summed E-state index contributed by atoms with van der Waals surface area (Å²) in [5.74, 6) is 0.224. The zero-order chi connectivity index (χ0) is 12.7. The Balaban J connectivity index is 2.78. The number of Topliss-reactive ketones (excluding diaryl/α,β-unsaturated/α-hetero) is 1. The number of hydrogen-bond acceptors (Lipinski definition) is 4. The molecule has 17 heavy (non-hydrogen) atoms.